The summed E-state index contributed by atoms with van der Waals surface area (Å²) in [7, 11) is 0. The van der Waals surface area contributed by atoms with Gasteiger partial charge < -0.3 is 5.43 Å². The van der Waals surface area contributed by atoms with Gasteiger partial charge in [-0.3, -0.25) is 4.68 Å². The van der Waals surface area contributed by atoms with Crippen molar-refractivity contribution in [1.82, 2.24) is 4.68 Å². The summed E-state index contributed by atoms with van der Waals surface area (Å²) in [6.07, 6.45) is 3.87. The predicted molar refractivity (Wildman–Crippen MR) is 34.0 cm³/mol. The van der Waals surface area contributed by atoms with Gasteiger partial charge in [-0.05, 0) is 19.1 Å². The van der Waals surface area contributed by atoms with Crippen molar-refractivity contribution in [2.75, 3.05) is 12.0 Å². The molecule has 0 aliphatic heterocycles. The molecule has 43 valence electrons. The second kappa shape index (κ2) is 2.40. The first-order valence-electron chi connectivity index (χ1n) is 2.59. The second-order valence-corrected chi connectivity index (χ2v) is 1.50. The molecule has 0 saturated heterocycles. The van der Waals surface area contributed by atoms with Crippen LogP contribution in [0.3, 0.4) is 0 Å². The van der Waals surface area contributed by atoms with Crippen LogP contribution in [0.25, 0.3) is 0 Å². The van der Waals surface area contributed by atoms with Gasteiger partial charge in [0, 0.05) is 18.9 Å². The van der Waals surface area contributed by atoms with Gasteiger partial charge in [-0.25, -0.2) is 0 Å². The monoisotopic (exact) mass is 109 g/mol. The highest BCUT2D eigenvalue weighted by Gasteiger charge is 1.77. The highest BCUT2D eigenvalue weighted by molar-refractivity contribution is 4.92. The number of hydrogen-bond acceptors (Lipinski definition) is 1. The molecule has 2 nitrogen and oxygen atoms in total. The maximum Gasteiger partial charge on any atom is 0.0314 e. The van der Waals surface area contributed by atoms with Crippen LogP contribution >= 0.6 is 0 Å². The van der Waals surface area contributed by atoms with Crippen molar-refractivity contribution in [3.8, 4) is 0 Å². The molecule has 0 aliphatic carbocycles. The Morgan fingerprint density at radius 1 is 1.38 bits per heavy atom. The summed E-state index contributed by atoms with van der Waals surface area (Å²) < 4.78 is 1.87. The molecule has 1 rings (SSSR count). The van der Waals surface area contributed by atoms with Gasteiger partial charge in [0.25, 0.3) is 0 Å². The normalized spacial score (nSPS) is 9.12. The highest BCUT2D eigenvalue weighted by Crippen LogP contribution is 1.82. The van der Waals surface area contributed by atoms with Crippen LogP contribution < -0.4 is 5.43 Å². The van der Waals surface area contributed by atoms with Crippen LogP contribution in [0.4, 0.5) is 0 Å². The number of hydrogen-bond donors (Lipinski definition) is 1. The molecule has 0 bridgehead atoms. The summed E-state index contributed by atoms with van der Waals surface area (Å²) in [5.41, 5.74) is 2.99. The predicted octanol–water partition coefficient (Wildman–Crippen LogP) is 0.866. The van der Waals surface area contributed by atoms with E-state index < -0.39 is 0 Å². The summed E-state index contributed by atoms with van der Waals surface area (Å²) in [5.74, 6) is 0. The van der Waals surface area contributed by atoms with Gasteiger partial charge in [0.2, 0.25) is 0 Å². The summed E-state index contributed by atoms with van der Waals surface area (Å²) in [5, 5.41) is 0. The van der Waals surface area contributed by atoms with E-state index in [0.29, 0.717) is 6.54 Å². The molecule has 2 heteroatoms. The van der Waals surface area contributed by atoms with Crippen molar-refractivity contribution in [2.24, 2.45) is 0 Å². The Hall–Kier alpha value is -0.920. The van der Waals surface area contributed by atoms with E-state index in [1.54, 1.807) is 0 Å². The van der Waals surface area contributed by atoms with E-state index in [9.17, 15) is 0 Å². The van der Waals surface area contributed by atoms with Gasteiger partial charge in [0.1, 0.15) is 0 Å². The summed E-state index contributed by atoms with van der Waals surface area (Å²) in [4.78, 5) is 0. The SMILES string of the molecule is [CH2]CNn1cccc1. The molecule has 1 radical (unpaired) electrons. The topological polar surface area (TPSA) is 17.0 Å². The molecule has 0 unspecified atom stereocenters. The first-order chi connectivity index (χ1) is 3.93. The fraction of sp³-hybridized carbons (Fsp3) is 0.167. The van der Waals surface area contributed by atoms with Crippen LogP contribution in [0, 0.1) is 6.92 Å². The van der Waals surface area contributed by atoms with E-state index in [1.807, 2.05) is 29.2 Å². The Bertz CT molecular complexity index is 132. The second-order valence-electron chi connectivity index (χ2n) is 1.50. The Balaban J connectivity index is 2.50. The van der Waals surface area contributed by atoms with Gasteiger partial charge >= 0.3 is 0 Å². The minimum Gasteiger partial charge on any atom is -0.326 e. The van der Waals surface area contributed by atoms with Gasteiger partial charge in [-0.2, -0.15) is 0 Å². The van der Waals surface area contributed by atoms with Gasteiger partial charge in [0.15, 0.2) is 0 Å². The molecule has 1 heterocycles. The Morgan fingerprint density at radius 2 is 2.00 bits per heavy atom. The number of aromatic nitrogens is 1. The van der Waals surface area contributed by atoms with Crippen molar-refractivity contribution < 1.29 is 0 Å². The Morgan fingerprint density at radius 3 is 2.50 bits per heavy atom. The molecule has 8 heavy (non-hydrogen) atoms. The van der Waals surface area contributed by atoms with Crippen LogP contribution in [0.15, 0.2) is 24.5 Å². The van der Waals surface area contributed by atoms with Gasteiger partial charge in [-0.15, -0.1) is 0 Å². The molecule has 0 aliphatic rings. The summed E-state index contributed by atoms with van der Waals surface area (Å²) in [6.45, 7) is 4.35. The first kappa shape index (κ1) is 5.22. The summed E-state index contributed by atoms with van der Waals surface area (Å²) >= 11 is 0. The zero-order chi connectivity index (χ0) is 5.82. The smallest absolute Gasteiger partial charge is 0.0314 e. The number of nitrogens with one attached hydrogen (secondary N) is 1. The molecule has 0 spiro atoms. The fourth-order valence-electron chi connectivity index (χ4n) is 0.569. The standard InChI is InChI=1S/C6H9N2/c1-2-7-8-5-3-4-6-8/h3-7H,1-2H2. The average Bonchev–Trinajstić information content (AvgIpc) is 2.19. The van der Waals surface area contributed by atoms with E-state index in [1.165, 1.54) is 0 Å². The molecule has 0 aromatic carbocycles. The lowest BCUT2D eigenvalue weighted by Crippen LogP contribution is -2.10. The molecule has 1 aromatic heterocycles. The third-order valence-electron chi connectivity index (χ3n) is 0.899. The molecule has 1 aromatic rings. The van der Waals surface area contributed by atoms with Gasteiger partial charge in [-0.1, -0.05) is 0 Å². The lowest BCUT2D eigenvalue weighted by atomic mass is 10.7. The molecule has 1 N–H and O–H groups in total. The maximum atomic E-state index is 3.63. The van der Waals surface area contributed by atoms with Crippen molar-refractivity contribution in [1.29, 1.82) is 0 Å². The van der Waals surface area contributed by atoms with Crippen LogP contribution in [0.5, 0.6) is 0 Å². The van der Waals surface area contributed by atoms with Crippen LogP contribution in [0.1, 0.15) is 0 Å². The molecular formula is C6H9N2. The fourth-order valence-corrected chi connectivity index (χ4v) is 0.569. The molecule has 0 atom stereocenters. The zero-order valence-electron chi connectivity index (χ0n) is 4.67. The van der Waals surface area contributed by atoms with E-state index in [-0.39, 0.29) is 0 Å². The third-order valence-corrected chi connectivity index (χ3v) is 0.899. The van der Waals surface area contributed by atoms with E-state index in [0.717, 1.165) is 0 Å². The third kappa shape index (κ3) is 1.03. The lowest BCUT2D eigenvalue weighted by Gasteiger charge is -2.00. The minimum absolute atomic E-state index is 0.717. The molecule has 0 saturated carbocycles. The first-order valence-corrected chi connectivity index (χ1v) is 2.59. The molecular weight excluding hydrogens is 100 g/mol. The zero-order valence-corrected chi connectivity index (χ0v) is 4.67. The van der Waals surface area contributed by atoms with E-state index in [2.05, 4.69) is 12.3 Å². The van der Waals surface area contributed by atoms with Crippen LogP contribution in [-0.2, 0) is 0 Å². The van der Waals surface area contributed by atoms with Crippen molar-refractivity contribution >= 4 is 0 Å². The van der Waals surface area contributed by atoms with Crippen molar-refractivity contribution in [3.63, 3.8) is 0 Å². The van der Waals surface area contributed by atoms with E-state index in [4.69, 9.17) is 0 Å². The molecule has 0 amide bonds. The molecule has 0 fully saturated rings. The van der Waals surface area contributed by atoms with Crippen molar-refractivity contribution in [3.05, 3.63) is 31.5 Å². The quantitative estimate of drug-likeness (QED) is 0.596. The minimum atomic E-state index is 0.717. The summed E-state index contributed by atoms with van der Waals surface area (Å²) in [6, 6.07) is 3.92. The highest BCUT2D eigenvalue weighted by atomic mass is 15.4. The average molecular weight is 109 g/mol. The number of nitrogens with zero attached hydrogens (tertiary/aromatic N) is 1. The Kier molecular flexibility index (Phi) is 1.57. The number of rotatable bonds is 2. The van der Waals surface area contributed by atoms with Gasteiger partial charge in [0.05, 0.1) is 0 Å². The largest absolute Gasteiger partial charge is 0.326 e. The van der Waals surface area contributed by atoms with Crippen molar-refractivity contribution in [2.45, 2.75) is 0 Å². The van der Waals surface area contributed by atoms with Crippen LogP contribution in [0.2, 0.25) is 0 Å². The van der Waals surface area contributed by atoms with E-state index >= 15 is 0 Å². The maximum absolute atomic E-state index is 3.63. The lowest BCUT2D eigenvalue weighted by molar-refractivity contribution is 0.898. The Labute approximate surface area is 49.1 Å². The van der Waals surface area contributed by atoms with Crippen LogP contribution in [-0.4, -0.2) is 11.2 Å².